The summed E-state index contributed by atoms with van der Waals surface area (Å²) < 4.78 is 3.93. The minimum absolute atomic E-state index is 0.0841. The Hall–Kier alpha value is -3.06. The van der Waals surface area contributed by atoms with Crippen LogP contribution in [0.1, 0.15) is 35.2 Å². The molecule has 0 spiro atoms. The van der Waals surface area contributed by atoms with E-state index in [1.54, 1.807) is 24.5 Å². The Morgan fingerprint density at radius 2 is 2.03 bits per heavy atom. The summed E-state index contributed by atoms with van der Waals surface area (Å²) in [5.41, 5.74) is 3.64. The summed E-state index contributed by atoms with van der Waals surface area (Å²) in [6.45, 7) is 0.599. The number of rotatable bonds is 3. The van der Waals surface area contributed by atoms with E-state index in [0.717, 1.165) is 35.7 Å². The van der Waals surface area contributed by atoms with Gasteiger partial charge in [0.1, 0.15) is 10.7 Å². The van der Waals surface area contributed by atoms with Crippen molar-refractivity contribution in [1.82, 2.24) is 19.0 Å². The predicted octanol–water partition coefficient (Wildman–Crippen LogP) is 3.56. The lowest BCUT2D eigenvalue weighted by Gasteiger charge is -2.35. The summed E-state index contributed by atoms with van der Waals surface area (Å²) >= 11 is 6.73. The van der Waals surface area contributed by atoms with Gasteiger partial charge >= 0.3 is 0 Å². The summed E-state index contributed by atoms with van der Waals surface area (Å²) in [6, 6.07) is 8.88. The Balaban J connectivity index is 1.35. The van der Waals surface area contributed by atoms with Crippen LogP contribution in [0, 0.1) is 0 Å². The molecule has 6 rings (SSSR count). The van der Waals surface area contributed by atoms with E-state index in [9.17, 15) is 4.79 Å². The summed E-state index contributed by atoms with van der Waals surface area (Å²) in [7, 11) is 1.79. The highest BCUT2D eigenvalue weighted by Crippen LogP contribution is 2.43. The minimum Gasteiger partial charge on any atom is -0.332 e. The molecule has 7 nitrogen and oxygen atoms in total. The Labute approximate surface area is 179 Å². The van der Waals surface area contributed by atoms with E-state index in [1.807, 2.05) is 21.5 Å². The van der Waals surface area contributed by atoms with Crippen LogP contribution < -0.4 is 4.90 Å². The number of aliphatic imine (C=N–C) groups is 1. The van der Waals surface area contributed by atoms with Gasteiger partial charge in [-0.05, 0) is 37.0 Å². The number of imidazole rings is 1. The molecule has 1 aromatic carbocycles. The molecule has 3 aromatic rings. The van der Waals surface area contributed by atoms with Crippen LogP contribution in [0.3, 0.4) is 0 Å². The molecule has 2 atom stereocenters. The van der Waals surface area contributed by atoms with Crippen LogP contribution in [-0.4, -0.2) is 50.0 Å². The number of carbonyl (C=O) groups is 1. The predicted molar refractivity (Wildman–Crippen MR) is 116 cm³/mol. The smallest absolute Gasteiger partial charge is 0.265 e. The molecule has 30 heavy (non-hydrogen) atoms. The molecule has 3 aliphatic rings. The first-order chi connectivity index (χ1) is 14.6. The zero-order chi connectivity index (χ0) is 20.4. The minimum atomic E-state index is -0.0841. The van der Waals surface area contributed by atoms with Gasteiger partial charge in [-0.1, -0.05) is 23.7 Å². The van der Waals surface area contributed by atoms with Crippen molar-refractivity contribution >= 4 is 29.2 Å². The lowest BCUT2D eigenvalue weighted by Crippen LogP contribution is -2.50. The van der Waals surface area contributed by atoms with Crippen molar-refractivity contribution in [3.63, 3.8) is 0 Å². The van der Waals surface area contributed by atoms with Gasteiger partial charge in [-0.2, -0.15) is 0 Å². The average molecular weight is 421 g/mol. The van der Waals surface area contributed by atoms with Crippen molar-refractivity contribution in [1.29, 1.82) is 0 Å². The van der Waals surface area contributed by atoms with Gasteiger partial charge in [0.15, 0.2) is 0 Å². The number of aromatic nitrogens is 3. The maximum atomic E-state index is 13.1. The molecule has 1 amide bonds. The molecule has 2 aliphatic heterocycles. The molecule has 8 heteroatoms. The van der Waals surface area contributed by atoms with Gasteiger partial charge in [-0.15, -0.1) is 0 Å². The largest absolute Gasteiger partial charge is 0.332 e. The lowest BCUT2D eigenvalue weighted by molar-refractivity contribution is 0.0865. The Bertz CT molecular complexity index is 1160. The van der Waals surface area contributed by atoms with Crippen molar-refractivity contribution in [2.75, 3.05) is 11.9 Å². The molecule has 0 N–H and O–H groups in total. The molecule has 1 saturated carbocycles. The van der Waals surface area contributed by atoms with Crippen LogP contribution in [0.25, 0.3) is 5.69 Å². The van der Waals surface area contributed by atoms with Gasteiger partial charge < -0.3 is 14.0 Å². The molecule has 0 radical (unpaired) electrons. The number of amides is 1. The number of hydrogen-bond donors (Lipinski definition) is 0. The molecule has 0 bridgehead atoms. The molecule has 1 fully saturated rings. The Morgan fingerprint density at radius 1 is 1.20 bits per heavy atom. The number of benzene rings is 1. The van der Waals surface area contributed by atoms with Crippen molar-refractivity contribution in [2.24, 2.45) is 4.99 Å². The zero-order valence-electron chi connectivity index (χ0n) is 16.6. The first-order valence-corrected chi connectivity index (χ1v) is 10.6. The van der Waals surface area contributed by atoms with Crippen LogP contribution in [0.15, 0.2) is 54.2 Å². The van der Waals surface area contributed by atoms with E-state index in [-0.39, 0.29) is 11.9 Å². The van der Waals surface area contributed by atoms with Crippen molar-refractivity contribution < 1.29 is 4.79 Å². The van der Waals surface area contributed by atoms with E-state index in [2.05, 4.69) is 34.1 Å². The Morgan fingerprint density at radius 3 is 2.80 bits per heavy atom. The normalized spacial score (nSPS) is 22.2. The van der Waals surface area contributed by atoms with Crippen LogP contribution >= 0.6 is 11.6 Å². The number of guanidine groups is 1. The third kappa shape index (κ3) is 2.48. The number of nitrogens with zero attached hydrogens (tertiary/aromatic N) is 6. The molecule has 152 valence electrons. The zero-order valence-corrected chi connectivity index (χ0v) is 17.3. The topological polar surface area (TPSA) is 58.7 Å². The standard InChI is InChI=1S/C22H21ClN6O/c1-26-21(30)19-18(29-17-4-2-3-16(17)25-22(26)29)12-28(20(19)23)11-14-5-7-15(8-6-14)27-10-9-24-13-27/h5-10,12-13,16-17H,2-4,11H2,1H3/t16-,17+/m1/s1. The van der Waals surface area contributed by atoms with Gasteiger partial charge in [-0.3, -0.25) is 9.69 Å². The molecular weight excluding hydrogens is 400 g/mol. The van der Waals surface area contributed by atoms with Crippen LogP contribution in [0.4, 0.5) is 5.69 Å². The maximum Gasteiger partial charge on any atom is 0.265 e. The summed E-state index contributed by atoms with van der Waals surface area (Å²) in [5.74, 6) is 0.680. The maximum absolute atomic E-state index is 13.1. The van der Waals surface area contributed by atoms with Crippen molar-refractivity contribution in [3.8, 4) is 5.69 Å². The molecule has 1 aliphatic carbocycles. The Kier molecular flexibility index (Phi) is 3.83. The first kappa shape index (κ1) is 17.8. The lowest BCUT2D eigenvalue weighted by atomic mass is 10.1. The van der Waals surface area contributed by atoms with Crippen LogP contribution in [0.5, 0.6) is 0 Å². The highest BCUT2D eigenvalue weighted by atomic mass is 35.5. The third-order valence-electron chi connectivity index (χ3n) is 6.43. The van der Waals surface area contributed by atoms with E-state index < -0.39 is 0 Å². The van der Waals surface area contributed by atoms with Gasteiger partial charge in [0.25, 0.3) is 5.91 Å². The van der Waals surface area contributed by atoms with Gasteiger partial charge in [0, 0.05) is 37.9 Å². The SMILES string of the molecule is CN1C(=O)c2c(cn(Cc3ccc(-n4ccnc4)cc3)c2Cl)N2C1=N[C@@H]1CCC[C@@H]12. The second-order valence-corrected chi connectivity index (χ2v) is 8.53. The fourth-order valence-corrected chi connectivity index (χ4v) is 5.21. The van der Waals surface area contributed by atoms with Crippen LogP contribution in [-0.2, 0) is 6.54 Å². The molecule has 0 saturated heterocycles. The second kappa shape index (κ2) is 6.47. The third-order valence-corrected chi connectivity index (χ3v) is 6.84. The highest BCUT2D eigenvalue weighted by molar-refractivity contribution is 6.36. The van der Waals surface area contributed by atoms with E-state index in [0.29, 0.717) is 23.3 Å². The monoisotopic (exact) mass is 420 g/mol. The van der Waals surface area contributed by atoms with Gasteiger partial charge in [0.05, 0.1) is 24.1 Å². The highest BCUT2D eigenvalue weighted by Gasteiger charge is 2.48. The van der Waals surface area contributed by atoms with Crippen molar-refractivity contribution in [2.45, 2.75) is 37.9 Å². The number of anilines is 1. The van der Waals surface area contributed by atoms with Crippen molar-refractivity contribution in [3.05, 3.63) is 65.5 Å². The fraction of sp³-hybridized carbons (Fsp3) is 0.318. The summed E-state index contributed by atoms with van der Waals surface area (Å²) in [6.07, 6.45) is 10.8. The van der Waals surface area contributed by atoms with Crippen LogP contribution in [0.2, 0.25) is 5.15 Å². The quantitative estimate of drug-likeness (QED) is 0.651. The van der Waals surface area contributed by atoms with E-state index >= 15 is 0 Å². The van der Waals surface area contributed by atoms with Gasteiger partial charge in [-0.25, -0.2) is 9.98 Å². The first-order valence-electron chi connectivity index (χ1n) is 10.2. The second-order valence-electron chi connectivity index (χ2n) is 8.17. The molecule has 0 unspecified atom stereocenters. The van der Waals surface area contributed by atoms with E-state index in [1.165, 1.54) is 6.42 Å². The fourth-order valence-electron chi connectivity index (χ4n) is 4.92. The number of halogens is 1. The average Bonchev–Trinajstić information content (AvgIpc) is 3.52. The molecule has 4 heterocycles. The number of fused-ring (bicyclic) bond motifs is 5. The number of hydrogen-bond acceptors (Lipinski definition) is 4. The molecular formula is C22H21ClN6O. The van der Waals surface area contributed by atoms with Gasteiger partial charge in [0.2, 0.25) is 5.96 Å². The number of carbonyl (C=O) groups excluding carboxylic acids is 1. The summed E-state index contributed by atoms with van der Waals surface area (Å²) in [5, 5.41) is 0.487. The molecule has 2 aromatic heterocycles. The summed E-state index contributed by atoms with van der Waals surface area (Å²) in [4.78, 5) is 25.9. The van der Waals surface area contributed by atoms with E-state index in [4.69, 9.17) is 16.6 Å².